The maximum absolute atomic E-state index is 5.85. The number of hydrogen-bond donors (Lipinski definition) is 1. The van der Waals surface area contributed by atoms with Crippen molar-refractivity contribution >= 4 is 12.4 Å². The molecule has 0 spiro atoms. The van der Waals surface area contributed by atoms with E-state index in [1.165, 1.54) is 0 Å². The van der Waals surface area contributed by atoms with Gasteiger partial charge in [0.15, 0.2) is 17.3 Å². The Balaban J connectivity index is 0.00000240. The van der Waals surface area contributed by atoms with Crippen molar-refractivity contribution in [2.45, 2.75) is 6.04 Å². The van der Waals surface area contributed by atoms with Gasteiger partial charge in [0, 0.05) is 26.7 Å². The zero-order chi connectivity index (χ0) is 19.3. The maximum atomic E-state index is 5.85. The minimum Gasteiger partial charge on any atom is -0.487 e. The summed E-state index contributed by atoms with van der Waals surface area (Å²) >= 11 is 0. The lowest BCUT2D eigenvalue weighted by Gasteiger charge is -2.30. The van der Waals surface area contributed by atoms with Crippen LogP contribution in [0, 0.1) is 0 Å². The first-order valence-electron chi connectivity index (χ1n) is 9.28. The molecule has 10 heteroatoms. The normalized spacial score (nSPS) is 17.1. The SMILES string of the molecule is COCCOc1cn(-c2ccccc2)nc1-c1nc(C2CNCCN2C)no1.Cl. The predicted octanol–water partition coefficient (Wildman–Crippen LogP) is 1.95. The number of likely N-dealkylation sites (N-methyl/N-ethyl adjacent to an activating group) is 1. The number of methoxy groups -OCH3 is 1. The van der Waals surface area contributed by atoms with Crippen LogP contribution in [-0.2, 0) is 4.74 Å². The number of para-hydroxylation sites is 1. The lowest BCUT2D eigenvalue weighted by atomic mass is 10.2. The maximum Gasteiger partial charge on any atom is 0.282 e. The number of aromatic nitrogens is 4. The Bertz CT molecular complexity index is 900. The molecule has 1 fully saturated rings. The summed E-state index contributed by atoms with van der Waals surface area (Å²) in [6, 6.07) is 9.89. The number of halogens is 1. The van der Waals surface area contributed by atoms with E-state index in [4.69, 9.17) is 14.0 Å². The summed E-state index contributed by atoms with van der Waals surface area (Å²) in [6.07, 6.45) is 1.82. The highest BCUT2D eigenvalue weighted by Gasteiger charge is 2.27. The molecule has 1 aromatic carbocycles. The second-order valence-electron chi connectivity index (χ2n) is 6.62. The first-order chi connectivity index (χ1) is 13.8. The molecule has 2 aromatic heterocycles. The van der Waals surface area contributed by atoms with Crippen LogP contribution in [0.5, 0.6) is 5.75 Å². The van der Waals surface area contributed by atoms with Gasteiger partial charge < -0.3 is 19.3 Å². The summed E-state index contributed by atoms with van der Waals surface area (Å²) in [7, 11) is 3.70. The van der Waals surface area contributed by atoms with Crippen LogP contribution in [-0.4, -0.2) is 71.8 Å². The van der Waals surface area contributed by atoms with Crippen molar-refractivity contribution in [1.29, 1.82) is 0 Å². The molecule has 3 heterocycles. The predicted molar refractivity (Wildman–Crippen MR) is 110 cm³/mol. The molecule has 9 nitrogen and oxygen atoms in total. The van der Waals surface area contributed by atoms with Gasteiger partial charge >= 0.3 is 0 Å². The molecule has 0 bridgehead atoms. The molecule has 1 N–H and O–H groups in total. The van der Waals surface area contributed by atoms with Gasteiger partial charge in [-0.2, -0.15) is 10.1 Å². The summed E-state index contributed by atoms with van der Waals surface area (Å²) in [4.78, 5) is 6.82. The van der Waals surface area contributed by atoms with Gasteiger partial charge in [-0.1, -0.05) is 23.4 Å². The molecule has 0 aliphatic carbocycles. The Labute approximate surface area is 175 Å². The van der Waals surface area contributed by atoms with Gasteiger partial charge in [-0.15, -0.1) is 12.4 Å². The third-order valence-corrected chi connectivity index (χ3v) is 4.70. The molecular weight excluding hydrogens is 396 g/mol. The van der Waals surface area contributed by atoms with Crippen molar-refractivity contribution < 1.29 is 14.0 Å². The van der Waals surface area contributed by atoms with E-state index in [1.807, 2.05) is 36.5 Å². The zero-order valence-corrected chi connectivity index (χ0v) is 17.3. The minimum absolute atomic E-state index is 0. The van der Waals surface area contributed by atoms with Gasteiger partial charge in [0.2, 0.25) is 0 Å². The first-order valence-corrected chi connectivity index (χ1v) is 9.28. The van der Waals surface area contributed by atoms with E-state index in [1.54, 1.807) is 11.8 Å². The molecule has 1 aliphatic heterocycles. The van der Waals surface area contributed by atoms with E-state index in [-0.39, 0.29) is 18.4 Å². The van der Waals surface area contributed by atoms with Crippen molar-refractivity contribution in [3.8, 4) is 23.0 Å². The second kappa shape index (κ2) is 9.84. The molecule has 0 radical (unpaired) electrons. The molecule has 1 saturated heterocycles. The third-order valence-electron chi connectivity index (χ3n) is 4.70. The van der Waals surface area contributed by atoms with Crippen LogP contribution >= 0.6 is 12.4 Å². The summed E-state index contributed by atoms with van der Waals surface area (Å²) < 4.78 is 18.2. The highest BCUT2D eigenvalue weighted by atomic mass is 35.5. The lowest BCUT2D eigenvalue weighted by molar-refractivity contribution is 0.146. The average Bonchev–Trinajstić information content (AvgIpc) is 3.36. The molecule has 4 rings (SSSR count). The molecule has 0 amide bonds. The number of rotatable bonds is 7. The minimum atomic E-state index is 0. The summed E-state index contributed by atoms with van der Waals surface area (Å²) in [5.41, 5.74) is 1.44. The summed E-state index contributed by atoms with van der Waals surface area (Å²) in [5.74, 6) is 1.56. The number of nitrogens with one attached hydrogen (secondary N) is 1. The number of piperazine rings is 1. The molecule has 0 saturated carbocycles. The van der Waals surface area contributed by atoms with Crippen molar-refractivity contribution in [3.63, 3.8) is 0 Å². The Hall–Kier alpha value is -2.46. The van der Waals surface area contributed by atoms with Crippen LogP contribution < -0.4 is 10.1 Å². The molecule has 156 valence electrons. The highest BCUT2D eigenvalue weighted by Crippen LogP contribution is 2.30. The van der Waals surface area contributed by atoms with E-state index in [0.29, 0.717) is 36.4 Å². The zero-order valence-electron chi connectivity index (χ0n) is 16.4. The Morgan fingerprint density at radius 2 is 2.07 bits per heavy atom. The van der Waals surface area contributed by atoms with Crippen molar-refractivity contribution in [2.75, 3.05) is 47.0 Å². The Morgan fingerprint density at radius 1 is 1.24 bits per heavy atom. The molecule has 1 atom stereocenters. The lowest BCUT2D eigenvalue weighted by Crippen LogP contribution is -2.44. The van der Waals surface area contributed by atoms with Crippen molar-refractivity contribution in [1.82, 2.24) is 30.1 Å². The quantitative estimate of drug-likeness (QED) is 0.580. The topological polar surface area (TPSA) is 90.5 Å². The fraction of sp³-hybridized carbons (Fsp3) is 0.421. The summed E-state index contributed by atoms with van der Waals surface area (Å²) in [5, 5.41) is 12.2. The van der Waals surface area contributed by atoms with E-state index in [9.17, 15) is 0 Å². The van der Waals surface area contributed by atoms with E-state index in [0.717, 1.165) is 25.3 Å². The van der Waals surface area contributed by atoms with E-state index < -0.39 is 0 Å². The average molecular weight is 421 g/mol. The number of hydrogen-bond acceptors (Lipinski definition) is 8. The van der Waals surface area contributed by atoms with Gasteiger partial charge in [-0.25, -0.2) is 4.68 Å². The summed E-state index contributed by atoms with van der Waals surface area (Å²) in [6.45, 7) is 3.55. The monoisotopic (exact) mass is 420 g/mol. The molecular formula is C19H25ClN6O3. The van der Waals surface area contributed by atoms with Gasteiger partial charge in [-0.05, 0) is 19.2 Å². The van der Waals surface area contributed by atoms with E-state index >= 15 is 0 Å². The fourth-order valence-corrected chi connectivity index (χ4v) is 3.12. The van der Waals surface area contributed by atoms with Gasteiger partial charge in [-0.3, -0.25) is 4.90 Å². The number of benzene rings is 1. The Kier molecular flexibility index (Phi) is 7.21. The number of nitrogens with zero attached hydrogens (tertiary/aromatic N) is 5. The van der Waals surface area contributed by atoms with Crippen LogP contribution in [0.3, 0.4) is 0 Å². The second-order valence-corrected chi connectivity index (χ2v) is 6.62. The molecule has 29 heavy (non-hydrogen) atoms. The van der Waals surface area contributed by atoms with Crippen molar-refractivity contribution in [3.05, 3.63) is 42.4 Å². The first kappa shape index (κ1) is 21.3. The standard InChI is InChI=1S/C19H24N6O3.ClH/c1-24-9-8-20-12-15(24)18-21-19(28-23-18)17-16(27-11-10-26-2)13-25(22-17)14-6-4-3-5-7-14;/h3-7,13,15,20H,8-12H2,1-2H3;1H. The van der Waals surface area contributed by atoms with Gasteiger partial charge in [0.25, 0.3) is 5.89 Å². The molecule has 3 aromatic rings. The van der Waals surface area contributed by atoms with Crippen LogP contribution in [0.4, 0.5) is 0 Å². The van der Waals surface area contributed by atoms with Crippen LogP contribution in [0.15, 0.2) is 41.1 Å². The van der Waals surface area contributed by atoms with Crippen molar-refractivity contribution in [2.24, 2.45) is 0 Å². The largest absolute Gasteiger partial charge is 0.487 e. The van der Waals surface area contributed by atoms with Crippen LogP contribution in [0.2, 0.25) is 0 Å². The van der Waals surface area contributed by atoms with E-state index in [2.05, 4.69) is 32.5 Å². The van der Waals surface area contributed by atoms with Crippen LogP contribution in [0.1, 0.15) is 11.9 Å². The van der Waals surface area contributed by atoms with Gasteiger partial charge in [0.1, 0.15) is 6.61 Å². The molecule has 1 aliphatic rings. The molecule has 1 unspecified atom stereocenters. The van der Waals surface area contributed by atoms with Crippen LogP contribution in [0.25, 0.3) is 17.3 Å². The Morgan fingerprint density at radius 3 is 2.83 bits per heavy atom. The third kappa shape index (κ3) is 4.76. The number of ether oxygens (including phenoxy) is 2. The van der Waals surface area contributed by atoms with Gasteiger partial charge in [0.05, 0.1) is 24.5 Å². The smallest absolute Gasteiger partial charge is 0.282 e. The highest BCUT2D eigenvalue weighted by molar-refractivity contribution is 5.85. The fourth-order valence-electron chi connectivity index (χ4n) is 3.12.